The van der Waals surface area contributed by atoms with Gasteiger partial charge in [-0.2, -0.15) is 0 Å². The molecule has 1 aliphatic rings. The number of halogens is 2. The van der Waals surface area contributed by atoms with Crippen molar-refractivity contribution in [1.29, 1.82) is 0 Å². The molecule has 1 aliphatic heterocycles. The molecule has 0 aromatic carbocycles. The summed E-state index contributed by atoms with van der Waals surface area (Å²) < 4.78 is 1.56. The van der Waals surface area contributed by atoms with E-state index in [0.717, 1.165) is 12.8 Å². The standard InChI is InChI=1S/C10H12Cl2N2O2/c1-13-8(6-7(11)9(13)12)10(15)14-4-2-3-5-16-14/h6H,2-5H2,1H3. The molecule has 1 aromatic heterocycles. The molecule has 16 heavy (non-hydrogen) atoms. The number of aromatic nitrogens is 1. The summed E-state index contributed by atoms with van der Waals surface area (Å²) in [6.45, 7) is 1.19. The third-order valence-electron chi connectivity index (χ3n) is 2.56. The summed E-state index contributed by atoms with van der Waals surface area (Å²) in [5.41, 5.74) is 0.442. The first-order valence-corrected chi connectivity index (χ1v) is 5.82. The first-order chi connectivity index (χ1) is 7.61. The second kappa shape index (κ2) is 4.65. The van der Waals surface area contributed by atoms with Crippen LogP contribution in [0.3, 0.4) is 0 Å². The summed E-state index contributed by atoms with van der Waals surface area (Å²) in [5, 5.41) is 2.11. The quantitative estimate of drug-likeness (QED) is 0.780. The molecule has 2 heterocycles. The third kappa shape index (κ3) is 2.05. The Morgan fingerprint density at radius 2 is 2.19 bits per heavy atom. The molecule has 1 amide bonds. The number of amides is 1. The normalized spacial score (nSPS) is 16.6. The number of hydrogen-bond acceptors (Lipinski definition) is 2. The summed E-state index contributed by atoms with van der Waals surface area (Å²) in [4.78, 5) is 17.3. The lowest BCUT2D eigenvalue weighted by Crippen LogP contribution is -2.36. The van der Waals surface area contributed by atoms with Crippen LogP contribution in [0.4, 0.5) is 0 Å². The molecule has 0 bridgehead atoms. The highest BCUT2D eigenvalue weighted by atomic mass is 35.5. The molecule has 1 aromatic rings. The SMILES string of the molecule is Cn1c(C(=O)N2CCCCO2)cc(Cl)c1Cl. The monoisotopic (exact) mass is 262 g/mol. The number of rotatable bonds is 1. The van der Waals surface area contributed by atoms with Crippen LogP contribution in [0.25, 0.3) is 0 Å². The van der Waals surface area contributed by atoms with Gasteiger partial charge in [0.25, 0.3) is 5.91 Å². The molecule has 0 unspecified atom stereocenters. The second-order valence-electron chi connectivity index (χ2n) is 3.67. The van der Waals surface area contributed by atoms with E-state index in [1.807, 2.05) is 0 Å². The van der Waals surface area contributed by atoms with Crippen LogP contribution in [0.5, 0.6) is 0 Å². The van der Waals surface area contributed by atoms with E-state index in [-0.39, 0.29) is 5.91 Å². The zero-order chi connectivity index (χ0) is 11.7. The number of hydroxylamine groups is 2. The van der Waals surface area contributed by atoms with Gasteiger partial charge in [-0.25, -0.2) is 5.06 Å². The lowest BCUT2D eigenvalue weighted by Gasteiger charge is -2.25. The van der Waals surface area contributed by atoms with Crippen molar-refractivity contribution in [3.05, 3.63) is 21.9 Å². The van der Waals surface area contributed by atoms with Crippen molar-refractivity contribution in [2.24, 2.45) is 7.05 Å². The van der Waals surface area contributed by atoms with Gasteiger partial charge in [0, 0.05) is 13.6 Å². The van der Waals surface area contributed by atoms with Crippen molar-refractivity contribution in [1.82, 2.24) is 9.63 Å². The van der Waals surface area contributed by atoms with E-state index in [0.29, 0.717) is 29.0 Å². The maximum Gasteiger partial charge on any atom is 0.294 e. The summed E-state index contributed by atoms with van der Waals surface area (Å²) >= 11 is 11.8. The summed E-state index contributed by atoms with van der Waals surface area (Å²) in [5.74, 6) is -0.198. The lowest BCUT2D eigenvalue weighted by atomic mass is 10.3. The van der Waals surface area contributed by atoms with E-state index in [9.17, 15) is 4.79 Å². The zero-order valence-corrected chi connectivity index (χ0v) is 10.4. The molecule has 0 radical (unpaired) electrons. The largest absolute Gasteiger partial charge is 0.329 e. The Kier molecular flexibility index (Phi) is 3.42. The average molecular weight is 263 g/mol. The molecule has 1 fully saturated rings. The van der Waals surface area contributed by atoms with Crippen LogP contribution < -0.4 is 0 Å². The summed E-state index contributed by atoms with van der Waals surface area (Å²) in [6.07, 6.45) is 1.94. The topological polar surface area (TPSA) is 34.5 Å². The molecule has 6 heteroatoms. The fourth-order valence-electron chi connectivity index (χ4n) is 1.63. The first-order valence-electron chi connectivity index (χ1n) is 5.06. The van der Waals surface area contributed by atoms with Crippen LogP contribution in [0, 0.1) is 0 Å². The fraction of sp³-hybridized carbons (Fsp3) is 0.500. The minimum Gasteiger partial charge on any atom is -0.329 e. The molecule has 0 spiro atoms. The highest BCUT2D eigenvalue weighted by molar-refractivity contribution is 6.41. The van der Waals surface area contributed by atoms with Gasteiger partial charge in [-0.05, 0) is 18.9 Å². The molecule has 0 N–H and O–H groups in total. The maximum atomic E-state index is 12.0. The van der Waals surface area contributed by atoms with Gasteiger partial charge in [0.15, 0.2) is 0 Å². The lowest BCUT2D eigenvalue weighted by molar-refractivity contribution is -0.144. The Hall–Kier alpha value is -0.710. The van der Waals surface area contributed by atoms with Gasteiger partial charge in [-0.3, -0.25) is 9.63 Å². The van der Waals surface area contributed by atoms with Crippen molar-refractivity contribution < 1.29 is 9.63 Å². The van der Waals surface area contributed by atoms with Gasteiger partial charge in [-0.15, -0.1) is 0 Å². The molecular formula is C10H12Cl2N2O2. The van der Waals surface area contributed by atoms with Crippen molar-refractivity contribution in [2.75, 3.05) is 13.2 Å². The van der Waals surface area contributed by atoms with Gasteiger partial charge in [-0.1, -0.05) is 23.2 Å². The Morgan fingerprint density at radius 3 is 2.69 bits per heavy atom. The zero-order valence-electron chi connectivity index (χ0n) is 8.87. The number of carbonyl (C=O) groups excluding carboxylic acids is 1. The van der Waals surface area contributed by atoms with Crippen molar-refractivity contribution >= 4 is 29.1 Å². The molecule has 1 saturated heterocycles. The molecular weight excluding hydrogens is 251 g/mol. The minimum absolute atomic E-state index is 0.198. The van der Waals surface area contributed by atoms with Crippen LogP contribution in [-0.4, -0.2) is 28.7 Å². The van der Waals surface area contributed by atoms with Crippen LogP contribution in [0.15, 0.2) is 6.07 Å². The highest BCUT2D eigenvalue weighted by Gasteiger charge is 2.23. The van der Waals surface area contributed by atoms with E-state index in [1.54, 1.807) is 17.7 Å². The number of hydrogen-bond donors (Lipinski definition) is 0. The Labute approximate surface area is 104 Å². The smallest absolute Gasteiger partial charge is 0.294 e. The van der Waals surface area contributed by atoms with E-state index < -0.39 is 0 Å². The van der Waals surface area contributed by atoms with E-state index in [2.05, 4.69) is 0 Å². The Balaban J connectivity index is 2.22. The predicted octanol–water partition coefficient (Wildman–Crippen LogP) is 2.50. The molecule has 0 saturated carbocycles. The van der Waals surface area contributed by atoms with Crippen LogP contribution >= 0.6 is 23.2 Å². The van der Waals surface area contributed by atoms with E-state index in [1.165, 1.54) is 5.06 Å². The first kappa shape index (κ1) is 11.8. The van der Waals surface area contributed by atoms with Gasteiger partial charge in [0.2, 0.25) is 0 Å². The van der Waals surface area contributed by atoms with E-state index >= 15 is 0 Å². The number of carbonyl (C=O) groups is 1. The van der Waals surface area contributed by atoms with Crippen molar-refractivity contribution in [3.8, 4) is 0 Å². The fourth-order valence-corrected chi connectivity index (χ4v) is 2.01. The van der Waals surface area contributed by atoms with E-state index in [4.69, 9.17) is 28.0 Å². The maximum absolute atomic E-state index is 12.0. The second-order valence-corrected chi connectivity index (χ2v) is 4.44. The van der Waals surface area contributed by atoms with Crippen molar-refractivity contribution in [3.63, 3.8) is 0 Å². The van der Waals surface area contributed by atoms with Gasteiger partial charge in [0.1, 0.15) is 10.8 Å². The molecule has 4 nitrogen and oxygen atoms in total. The molecule has 0 aliphatic carbocycles. The molecule has 88 valence electrons. The predicted molar refractivity (Wildman–Crippen MR) is 61.7 cm³/mol. The molecule has 0 atom stereocenters. The Morgan fingerprint density at radius 1 is 1.44 bits per heavy atom. The van der Waals surface area contributed by atoms with Crippen LogP contribution in [0.1, 0.15) is 23.3 Å². The van der Waals surface area contributed by atoms with Crippen LogP contribution in [-0.2, 0) is 11.9 Å². The number of nitrogens with zero attached hydrogens (tertiary/aromatic N) is 2. The molecule has 2 rings (SSSR count). The summed E-state index contributed by atoms with van der Waals surface area (Å²) in [7, 11) is 1.70. The summed E-state index contributed by atoms with van der Waals surface area (Å²) in [6, 6.07) is 1.56. The van der Waals surface area contributed by atoms with Crippen LogP contribution in [0.2, 0.25) is 10.2 Å². The minimum atomic E-state index is -0.198. The Bertz CT molecular complexity index is 411. The van der Waals surface area contributed by atoms with Crippen molar-refractivity contribution in [2.45, 2.75) is 12.8 Å². The third-order valence-corrected chi connectivity index (χ3v) is 3.41. The highest BCUT2D eigenvalue weighted by Crippen LogP contribution is 2.26. The van der Waals surface area contributed by atoms with Gasteiger partial charge < -0.3 is 4.57 Å². The van der Waals surface area contributed by atoms with Gasteiger partial charge in [0.05, 0.1) is 11.6 Å². The van der Waals surface area contributed by atoms with Gasteiger partial charge >= 0.3 is 0 Å². The average Bonchev–Trinajstić information content (AvgIpc) is 2.57.